The lowest BCUT2D eigenvalue weighted by atomic mass is 9.94. The number of fused-ring (bicyclic) bond motifs is 1. The van der Waals surface area contributed by atoms with Crippen molar-refractivity contribution >= 4 is 30.8 Å². The normalized spacial score (nSPS) is 15.3. The zero-order valence-corrected chi connectivity index (χ0v) is 22.1. The molecule has 2 N–H and O–H groups in total. The van der Waals surface area contributed by atoms with Gasteiger partial charge in [-0.25, -0.2) is 9.78 Å². The van der Waals surface area contributed by atoms with Crippen LogP contribution >= 0.6 is 0 Å². The van der Waals surface area contributed by atoms with Gasteiger partial charge in [0.05, 0.1) is 11.7 Å². The molecule has 6 rings (SSSR count). The molecule has 3 aromatic heterocycles. The molecule has 1 aliphatic rings. The van der Waals surface area contributed by atoms with Gasteiger partial charge in [-0.1, -0.05) is 66.7 Å². The molecular weight excluding hydrogens is 497 g/mol. The number of hydrogen-bond acceptors (Lipinski definition) is 5. The first-order chi connectivity index (χ1) is 19.7. The van der Waals surface area contributed by atoms with E-state index >= 15 is 0 Å². The predicted molar refractivity (Wildman–Crippen MR) is 157 cm³/mol. The summed E-state index contributed by atoms with van der Waals surface area (Å²) in [5.41, 5.74) is 5.17. The third-order valence-electron chi connectivity index (χ3n) is 7.38. The molecule has 0 saturated carbocycles. The van der Waals surface area contributed by atoms with Gasteiger partial charge in [-0.15, -0.1) is 0 Å². The van der Waals surface area contributed by atoms with Gasteiger partial charge in [0.25, 0.3) is 0 Å². The van der Waals surface area contributed by atoms with Crippen molar-refractivity contribution in [3.8, 4) is 0 Å². The fourth-order valence-electron chi connectivity index (χ4n) is 5.30. The maximum absolute atomic E-state index is 13.6. The number of amides is 2. The van der Waals surface area contributed by atoms with Crippen LogP contribution in [0.3, 0.4) is 0 Å². The third kappa shape index (κ3) is 5.54. The number of likely N-dealkylation sites (tertiary alicyclic amines) is 1. The number of aromatic nitrogens is 4. The van der Waals surface area contributed by atoms with Gasteiger partial charge in [0.15, 0.2) is 5.65 Å². The summed E-state index contributed by atoms with van der Waals surface area (Å²) in [6.45, 7) is 1.86. The van der Waals surface area contributed by atoms with Gasteiger partial charge in [0, 0.05) is 50.2 Å². The molecule has 1 atom stereocenters. The minimum Gasteiger partial charge on any atom is -0.366 e. The molecule has 1 fully saturated rings. The summed E-state index contributed by atoms with van der Waals surface area (Å²) in [5, 5.41) is 11.2. The average Bonchev–Trinajstić information content (AvgIpc) is 3.40. The van der Waals surface area contributed by atoms with Gasteiger partial charge < -0.3 is 15.5 Å². The Morgan fingerprint density at radius 1 is 1.00 bits per heavy atom. The van der Waals surface area contributed by atoms with E-state index in [1.54, 1.807) is 16.9 Å². The van der Waals surface area contributed by atoms with Crippen LogP contribution in [0.25, 0.3) is 5.65 Å². The van der Waals surface area contributed by atoms with Crippen molar-refractivity contribution < 1.29 is 4.79 Å². The van der Waals surface area contributed by atoms with Crippen molar-refractivity contribution in [3.05, 3.63) is 120 Å². The number of nitrogens with zero attached hydrogens (tertiary/aromatic N) is 5. The van der Waals surface area contributed by atoms with Crippen LogP contribution in [0.1, 0.15) is 47.2 Å². The Morgan fingerprint density at radius 2 is 1.75 bits per heavy atom. The summed E-state index contributed by atoms with van der Waals surface area (Å²) >= 11 is 0. The van der Waals surface area contributed by atoms with Gasteiger partial charge in [-0.2, -0.15) is 9.61 Å². The Hall–Kier alpha value is -4.66. The van der Waals surface area contributed by atoms with E-state index in [2.05, 4.69) is 20.7 Å². The fourth-order valence-corrected chi connectivity index (χ4v) is 5.30. The Bertz CT molecular complexity index is 1540. The molecule has 198 valence electrons. The predicted octanol–water partition coefficient (Wildman–Crippen LogP) is 4.21. The summed E-state index contributed by atoms with van der Waals surface area (Å²) in [5.74, 6) is 0.875. The van der Waals surface area contributed by atoms with Gasteiger partial charge in [-0.05, 0) is 41.1 Å². The number of hydrogen-bond donors (Lipinski definition) is 2. The van der Waals surface area contributed by atoms with Crippen molar-refractivity contribution in [2.24, 2.45) is 0 Å². The second kappa shape index (κ2) is 11.6. The third-order valence-corrected chi connectivity index (χ3v) is 7.38. The molecule has 1 saturated heterocycles. The summed E-state index contributed by atoms with van der Waals surface area (Å²) < 4.78 is 1.73. The molecule has 9 heteroatoms. The van der Waals surface area contributed by atoms with E-state index in [1.165, 1.54) is 0 Å². The van der Waals surface area contributed by atoms with Crippen LogP contribution in [-0.4, -0.2) is 51.4 Å². The number of nitrogens with one attached hydrogen (secondary N) is 2. The molecule has 4 heterocycles. The largest absolute Gasteiger partial charge is 0.366 e. The van der Waals surface area contributed by atoms with Gasteiger partial charge in [0.1, 0.15) is 13.7 Å². The minimum atomic E-state index is -0.236. The topological polar surface area (TPSA) is 87.5 Å². The van der Waals surface area contributed by atoms with E-state index in [9.17, 15) is 4.79 Å². The lowest BCUT2D eigenvalue weighted by molar-refractivity contribution is 0.177. The standard InChI is InChI=1S/C31H30BN7O/c32-26-20-35-39-28(34-19-22-9-7-15-33-18-22)17-27(36-30(26)39)25-14-8-16-38(21-25)31(40)37-29(23-10-3-1-4-11-23)24-12-5-2-6-13-24/h1-7,9-13,15,17-18,20,25,29,34H,8,14,16,19,21H2,(H,37,40). The molecule has 2 amide bonds. The number of carbonyl (C=O) groups excluding carboxylic acids is 1. The van der Waals surface area contributed by atoms with Crippen molar-refractivity contribution in [2.45, 2.75) is 31.3 Å². The number of anilines is 1. The first-order valence-corrected chi connectivity index (χ1v) is 13.6. The van der Waals surface area contributed by atoms with Crippen molar-refractivity contribution in [1.82, 2.24) is 29.8 Å². The smallest absolute Gasteiger partial charge is 0.318 e. The quantitative estimate of drug-likeness (QED) is 0.310. The molecule has 0 bridgehead atoms. The van der Waals surface area contributed by atoms with E-state index < -0.39 is 0 Å². The van der Waals surface area contributed by atoms with Crippen LogP contribution in [0.4, 0.5) is 10.6 Å². The fraction of sp³-hybridized carbons (Fsp3) is 0.226. The monoisotopic (exact) mass is 527 g/mol. The average molecular weight is 527 g/mol. The Morgan fingerprint density at radius 3 is 2.45 bits per heavy atom. The first-order valence-electron chi connectivity index (χ1n) is 13.6. The van der Waals surface area contributed by atoms with Gasteiger partial charge in [0.2, 0.25) is 0 Å². The van der Waals surface area contributed by atoms with Crippen molar-refractivity contribution in [2.75, 3.05) is 18.4 Å². The van der Waals surface area contributed by atoms with E-state index in [-0.39, 0.29) is 18.0 Å². The molecule has 2 aromatic carbocycles. The summed E-state index contributed by atoms with van der Waals surface area (Å²) in [4.78, 5) is 24.6. The molecular formula is C31H30BN7O. The molecule has 5 aromatic rings. The SMILES string of the molecule is [B]c1cnn2c(NCc3cccnc3)cc(C3CCCN(C(=O)NC(c4ccccc4)c4ccccc4)C3)nc12. The molecule has 40 heavy (non-hydrogen) atoms. The summed E-state index contributed by atoms with van der Waals surface area (Å²) in [7, 11) is 6.23. The summed E-state index contributed by atoms with van der Waals surface area (Å²) in [6.07, 6.45) is 7.03. The molecule has 1 aliphatic heterocycles. The van der Waals surface area contributed by atoms with E-state index in [1.807, 2.05) is 90.0 Å². The van der Waals surface area contributed by atoms with E-state index in [0.717, 1.165) is 41.0 Å². The number of benzene rings is 2. The van der Waals surface area contributed by atoms with E-state index in [0.29, 0.717) is 30.7 Å². The molecule has 8 nitrogen and oxygen atoms in total. The molecule has 0 spiro atoms. The maximum atomic E-state index is 13.6. The van der Waals surface area contributed by atoms with Gasteiger partial charge >= 0.3 is 6.03 Å². The van der Waals surface area contributed by atoms with Crippen molar-refractivity contribution in [3.63, 3.8) is 0 Å². The van der Waals surface area contributed by atoms with Crippen LogP contribution in [0.15, 0.2) is 97.5 Å². The van der Waals surface area contributed by atoms with Gasteiger partial charge in [-0.3, -0.25) is 4.98 Å². The number of rotatable bonds is 7. The Kier molecular flexibility index (Phi) is 7.44. The zero-order valence-electron chi connectivity index (χ0n) is 22.1. The van der Waals surface area contributed by atoms with Crippen LogP contribution in [0.5, 0.6) is 0 Å². The molecule has 2 radical (unpaired) electrons. The Labute approximate surface area is 234 Å². The lowest BCUT2D eigenvalue weighted by Crippen LogP contribution is -2.46. The number of piperidine rings is 1. The lowest BCUT2D eigenvalue weighted by Gasteiger charge is -2.34. The highest BCUT2D eigenvalue weighted by Crippen LogP contribution is 2.29. The zero-order chi connectivity index (χ0) is 27.3. The van der Waals surface area contributed by atoms with Crippen LogP contribution in [0, 0.1) is 0 Å². The number of pyridine rings is 1. The van der Waals surface area contributed by atoms with Crippen molar-refractivity contribution in [1.29, 1.82) is 0 Å². The Balaban J connectivity index is 1.22. The highest BCUT2D eigenvalue weighted by molar-refractivity contribution is 6.36. The second-order valence-electron chi connectivity index (χ2n) is 10.1. The summed E-state index contributed by atoms with van der Waals surface area (Å²) in [6, 6.07) is 25.8. The van der Waals surface area contributed by atoms with E-state index in [4.69, 9.17) is 12.8 Å². The molecule has 0 aliphatic carbocycles. The maximum Gasteiger partial charge on any atom is 0.318 e. The number of carbonyl (C=O) groups is 1. The highest BCUT2D eigenvalue weighted by atomic mass is 16.2. The minimum absolute atomic E-state index is 0.0737. The molecule has 1 unspecified atom stereocenters. The van der Waals surface area contributed by atoms with Crippen LogP contribution in [-0.2, 0) is 6.54 Å². The highest BCUT2D eigenvalue weighted by Gasteiger charge is 2.28. The van der Waals surface area contributed by atoms with Crippen LogP contribution < -0.4 is 16.1 Å². The first kappa shape index (κ1) is 25.6. The number of urea groups is 1. The van der Waals surface area contributed by atoms with Crippen LogP contribution in [0.2, 0.25) is 0 Å². The second-order valence-corrected chi connectivity index (χ2v) is 10.1.